The number of carbonyl (C=O) groups excluding carboxylic acids is 1. The number of hydrogen-bond donors (Lipinski definition) is 1. The Bertz CT molecular complexity index is 1410. The first-order chi connectivity index (χ1) is 16.7. The Hall–Kier alpha value is -2.95. The summed E-state index contributed by atoms with van der Waals surface area (Å²) in [6, 6.07) is 11.8. The van der Waals surface area contributed by atoms with Crippen LogP contribution in [0.2, 0.25) is 10.0 Å². The number of halogens is 5. The number of benzene rings is 3. The lowest BCUT2D eigenvalue weighted by Crippen LogP contribution is -2.38. The van der Waals surface area contributed by atoms with Crippen LogP contribution >= 0.6 is 23.2 Å². The average molecular weight is 561 g/mol. The average Bonchev–Trinajstić information content (AvgIpc) is 2.79. The van der Waals surface area contributed by atoms with Crippen molar-refractivity contribution >= 4 is 50.5 Å². The fraction of sp³-hybridized carbons (Fsp3) is 0.208. The van der Waals surface area contributed by atoms with Crippen molar-refractivity contribution in [2.75, 3.05) is 23.3 Å². The van der Waals surface area contributed by atoms with Gasteiger partial charge in [0.15, 0.2) is 0 Å². The second-order valence-electron chi connectivity index (χ2n) is 7.84. The van der Waals surface area contributed by atoms with Gasteiger partial charge in [-0.25, -0.2) is 8.42 Å². The van der Waals surface area contributed by atoms with E-state index in [0.717, 1.165) is 10.4 Å². The van der Waals surface area contributed by atoms with Gasteiger partial charge in [0.2, 0.25) is 5.91 Å². The molecule has 192 valence electrons. The lowest BCUT2D eigenvalue weighted by atomic mass is 10.2. The fourth-order valence-electron chi connectivity index (χ4n) is 3.31. The van der Waals surface area contributed by atoms with Gasteiger partial charge >= 0.3 is 6.18 Å². The van der Waals surface area contributed by atoms with Crippen LogP contribution in [0.4, 0.5) is 24.5 Å². The van der Waals surface area contributed by atoms with Crippen LogP contribution in [0.5, 0.6) is 5.75 Å². The summed E-state index contributed by atoms with van der Waals surface area (Å²) in [6.45, 7) is 2.65. The predicted molar refractivity (Wildman–Crippen MR) is 134 cm³/mol. The van der Waals surface area contributed by atoms with E-state index in [4.69, 9.17) is 27.9 Å². The highest BCUT2D eigenvalue weighted by molar-refractivity contribution is 7.93. The van der Waals surface area contributed by atoms with Gasteiger partial charge in [-0.15, -0.1) is 0 Å². The summed E-state index contributed by atoms with van der Waals surface area (Å²) in [5.41, 5.74) is 0.0413. The third-order valence-electron chi connectivity index (χ3n) is 5.17. The molecule has 0 unspecified atom stereocenters. The number of alkyl halides is 3. The van der Waals surface area contributed by atoms with Crippen molar-refractivity contribution < 1.29 is 31.1 Å². The summed E-state index contributed by atoms with van der Waals surface area (Å²) >= 11 is 11.8. The van der Waals surface area contributed by atoms with Crippen LogP contribution < -0.4 is 14.4 Å². The summed E-state index contributed by atoms with van der Waals surface area (Å²) in [5.74, 6) is -0.839. The molecule has 3 rings (SSSR count). The summed E-state index contributed by atoms with van der Waals surface area (Å²) in [6.07, 6.45) is -4.74. The van der Waals surface area contributed by atoms with Gasteiger partial charge in [-0.1, -0.05) is 35.3 Å². The molecule has 6 nitrogen and oxygen atoms in total. The second kappa shape index (κ2) is 10.6. The molecule has 0 fully saturated rings. The third kappa shape index (κ3) is 6.05. The van der Waals surface area contributed by atoms with Crippen molar-refractivity contribution in [2.24, 2.45) is 0 Å². The molecule has 36 heavy (non-hydrogen) atoms. The maximum atomic E-state index is 13.7. The Morgan fingerprint density at radius 3 is 2.31 bits per heavy atom. The zero-order chi connectivity index (χ0) is 26.8. The molecule has 0 aromatic heterocycles. The SMILES string of the molecule is COc1ccc(C)cc1S(=O)(=O)N(CC(=O)Nc1ccc(Cl)c(C(F)(F)F)c1)c1ccc(C)c(Cl)c1. The zero-order valence-corrected chi connectivity index (χ0v) is 21.6. The van der Waals surface area contributed by atoms with Gasteiger partial charge in [0.05, 0.1) is 23.4 Å². The van der Waals surface area contributed by atoms with Crippen LogP contribution in [-0.2, 0) is 21.0 Å². The second-order valence-corrected chi connectivity index (χ2v) is 10.5. The Morgan fingerprint density at radius 2 is 1.69 bits per heavy atom. The highest BCUT2D eigenvalue weighted by atomic mass is 35.5. The normalized spacial score (nSPS) is 11.8. The minimum absolute atomic E-state index is 0.0525. The highest BCUT2D eigenvalue weighted by Crippen LogP contribution is 2.36. The molecule has 0 aliphatic carbocycles. The molecule has 1 N–H and O–H groups in total. The minimum atomic E-state index is -4.74. The number of sulfonamides is 1. The third-order valence-corrected chi connectivity index (χ3v) is 7.71. The molecular formula is C24H21Cl2F3N2O4S. The topological polar surface area (TPSA) is 75.7 Å². The molecule has 3 aromatic carbocycles. The van der Waals surface area contributed by atoms with Gasteiger partial charge in [0, 0.05) is 10.7 Å². The molecule has 1 amide bonds. The van der Waals surface area contributed by atoms with E-state index in [1.54, 1.807) is 26.0 Å². The molecule has 0 aliphatic heterocycles. The van der Waals surface area contributed by atoms with Crippen LogP contribution in [-0.4, -0.2) is 28.0 Å². The van der Waals surface area contributed by atoms with E-state index >= 15 is 0 Å². The first kappa shape index (κ1) is 27.6. The van der Waals surface area contributed by atoms with Gasteiger partial charge < -0.3 is 10.1 Å². The Kier molecular flexibility index (Phi) is 8.12. The molecule has 0 atom stereocenters. The molecular weight excluding hydrogens is 540 g/mol. The predicted octanol–water partition coefficient (Wildman–Crippen LogP) is 6.47. The molecule has 3 aromatic rings. The van der Waals surface area contributed by atoms with E-state index in [1.165, 1.54) is 37.4 Å². The molecule has 0 bridgehead atoms. The number of ether oxygens (including phenoxy) is 1. The standard InChI is InChI=1S/C24H21Cl2F3N2O4S/c1-14-4-9-21(35-3)22(10-14)36(33,34)31(17-7-5-15(2)20(26)12-17)13-23(32)30-16-6-8-19(25)18(11-16)24(27,28)29/h4-12H,13H2,1-3H3,(H,30,32). The summed E-state index contributed by atoms with van der Waals surface area (Å²) < 4.78 is 73.1. The molecule has 0 saturated heterocycles. The molecule has 12 heteroatoms. The van der Waals surface area contributed by atoms with Gasteiger partial charge in [0.25, 0.3) is 10.0 Å². The van der Waals surface area contributed by atoms with E-state index in [1.807, 2.05) is 0 Å². The Labute approximate surface area is 216 Å². The first-order valence-corrected chi connectivity index (χ1v) is 12.5. The van der Waals surface area contributed by atoms with Gasteiger partial charge in [0.1, 0.15) is 17.2 Å². The van der Waals surface area contributed by atoms with Crippen molar-refractivity contribution in [3.8, 4) is 5.75 Å². The van der Waals surface area contributed by atoms with E-state index in [0.29, 0.717) is 17.2 Å². The summed E-state index contributed by atoms with van der Waals surface area (Å²) in [5, 5.41) is 2.03. The maximum Gasteiger partial charge on any atom is 0.417 e. The summed E-state index contributed by atoms with van der Waals surface area (Å²) in [4.78, 5) is 12.7. The number of rotatable bonds is 7. The van der Waals surface area contributed by atoms with Crippen molar-refractivity contribution in [2.45, 2.75) is 24.9 Å². The lowest BCUT2D eigenvalue weighted by Gasteiger charge is -2.25. The quantitative estimate of drug-likeness (QED) is 0.359. The molecule has 0 spiro atoms. The minimum Gasteiger partial charge on any atom is -0.495 e. The number of aryl methyl sites for hydroxylation is 2. The Morgan fingerprint density at radius 1 is 1.00 bits per heavy atom. The van der Waals surface area contributed by atoms with Crippen molar-refractivity contribution in [3.63, 3.8) is 0 Å². The lowest BCUT2D eigenvalue weighted by molar-refractivity contribution is -0.137. The van der Waals surface area contributed by atoms with Crippen LogP contribution in [0, 0.1) is 13.8 Å². The smallest absolute Gasteiger partial charge is 0.417 e. The molecule has 0 radical (unpaired) electrons. The number of amides is 1. The monoisotopic (exact) mass is 560 g/mol. The fourth-order valence-corrected chi connectivity index (χ4v) is 5.36. The van der Waals surface area contributed by atoms with E-state index in [9.17, 15) is 26.4 Å². The van der Waals surface area contributed by atoms with Gasteiger partial charge in [-0.2, -0.15) is 13.2 Å². The number of nitrogens with one attached hydrogen (secondary N) is 1. The van der Waals surface area contributed by atoms with E-state index < -0.39 is 39.2 Å². The first-order valence-electron chi connectivity index (χ1n) is 10.3. The van der Waals surface area contributed by atoms with E-state index in [2.05, 4.69) is 5.32 Å². The maximum absolute atomic E-state index is 13.7. The number of methoxy groups -OCH3 is 1. The number of hydrogen-bond acceptors (Lipinski definition) is 4. The number of nitrogens with zero attached hydrogens (tertiary/aromatic N) is 1. The van der Waals surface area contributed by atoms with Crippen LogP contribution in [0.3, 0.4) is 0 Å². The zero-order valence-electron chi connectivity index (χ0n) is 19.3. The molecule has 0 heterocycles. The molecule has 0 aliphatic rings. The van der Waals surface area contributed by atoms with Crippen LogP contribution in [0.1, 0.15) is 16.7 Å². The van der Waals surface area contributed by atoms with Crippen molar-refractivity contribution in [1.29, 1.82) is 0 Å². The number of anilines is 2. The Balaban J connectivity index is 2.04. The van der Waals surface area contributed by atoms with E-state index in [-0.39, 0.29) is 27.0 Å². The van der Waals surface area contributed by atoms with Crippen LogP contribution in [0.25, 0.3) is 0 Å². The number of carbonyl (C=O) groups is 1. The highest BCUT2D eigenvalue weighted by Gasteiger charge is 2.34. The largest absolute Gasteiger partial charge is 0.495 e. The van der Waals surface area contributed by atoms with Crippen molar-refractivity contribution in [1.82, 2.24) is 0 Å². The molecule has 0 saturated carbocycles. The van der Waals surface area contributed by atoms with Crippen molar-refractivity contribution in [3.05, 3.63) is 81.3 Å². The van der Waals surface area contributed by atoms with Crippen LogP contribution in [0.15, 0.2) is 59.5 Å². The van der Waals surface area contributed by atoms with Gasteiger partial charge in [-0.3, -0.25) is 9.10 Å². The van der Waals surface area contributed by atoms with Gasteiger partial charge in [-0.05, 0) is 67.4 Å². The summed E-state index contributed by atoms with van der Waals surface area (Å²) in [7, 11) is -3.08.